The number of carbonyl (C=O) groups excluding carboxylic acids is 2. The maximum atomic E-state index is 12.7. The van der Waals surface area contributed by atoms with Gasteiger partial charge in [0, 0.05) is 32.1 Å². The molecular weight excluding hydrogens is 372 g/mol. The SMILES string of the molecule is C[C@@H](CC(N)=O)CC(=O)NC1CCCN(S(=O)(=O)c2ccccn2)CC1O. The molecule has 0 radical (unpaired) electrons. The molecule has 2 amide bonds. The van der Waals surface area contributed by atoms with E-state index < -0.39 is 28.1 Å². The van der Waals surface area contributed by atoms with Crippen LogP contribution >= 0.6 is 0 Å². The van der Waals surface area contributed by atoms with Crippen LogP contribution < -0.4 is 11.1 Å². The number of hydrogen-bond acceptors (Lipinski definition) is 6. The first-order chi connectivity index (χ1) is 12.7. The van der Waals surface area contributed by atoms with Gasteiger partial charge in [-0.1, -0.05) is 13.0 Å². The van der Waals surface area contributed by atoms with Crippen LogP contribution in [0.1, 0.15) is 32.6 Å². The van der Waals surface area contributed by atoms with Gasteiger partial charge in [-0.2, -0.15) is 4.31 Å². The van der Waals surface area contributed by atoms with Crippen LogP contribution in [0.3, 0.4) is 0 Å². The molecule has 0 aliphatic carbocycles. The quantitative estimate of drug-likeness (QED) is 0.571. The predicted molar refractivity (Wildman–Crippen MR) is 97.8 cm³/mol. The first-order valence-electron chi connectivity index (χ1n) is 8.87. The molecule has 10 heteroatoms. The fraction of sp³-hybridized carbons (Fsp3) is 0.588. The molecule has 1 aliphatic heterocycles. The Kier molecular flexibility index (Phi) is 7.28. The lowest BCUT2D eigenvalue weighted by Crippen LogP contribution is -2.47. The molecule has 150 valence electrons. The zero-order valence-electron chi connectivity index (χ0n) is 15.2. The second kappa shape index (κ2) is 9.25. The molecular formula is C17H26N4O5S. The van der Waals surface area contributed by atoms with E-state index in [2.05, 4.69) is 10.3 Å². The number of aromatic nitrogens is 1. The van der Waals surface area contributed by atoms with E-state index in [0.717, 1.165) is 0 Å². The normalized spacial score (nSPS) is 22.6. The number of pyridine rings is 1. The highest BCUT2D eigenvalue weighted by molar-refractivity contribution is 7.89. The van der Waals surface area contributed by atoms with Crippen LogP contribution in [0.25, 0.3) is 0 Å². The number of primary amides is 1. The second-order valence-electron chi connectivity index (χ2n) is 6.89. The smallest absolute Gasteiger partial charge is 0.260 e. The van der Waals surface area contributed by atoms with Crippen LogP contribution in [0.15, 0.2) is 29.4 Å². The molecule has 27 heavy (non-hydrogen) atoms. The molecule has 4 N–H and O–H groups in total. The van der Waals surface area contributed by atoms with Gasteiger partial charge in [-0.3, -0.25) is 9.59 Å². The van der Waals surface area contributed by atoms with Gasteiger partial charge in [0.1, 0.15) is 0 Å². The summed E-state index contributed by atoms with van der Waals surface area (Å²) in [6.45, 7) is 1.86. The van der Waals surface area contributed by atoms with Crippen molar-refractivity contribution in [2.24, 2.45) is 11.7 Å². The Balaban J connectivity index is 1.98. The fourth-order valence-corrected chi connectivity index (χ4v) is 4.55. The molecule has 1 aromatic heterocycles. The largest absolute Gasteiger partial charge is 0.390 e. The van der Waals surface area contributed by atoms with E-state index in [1.54, 1.807) is 19.1 Å². The summed E-state index contributed by atoms with van der Waals surface area (Å²) >= 11 is 0. The van der Waals surface area contributed by atoms with E-state index in [0.29, 0.717) is 12.8 Å². The number of hydrogen-bond donors (Lipinski definition) is 3. The highest BCUT2D eigenvalue weighted by atomic mass is 32.2. The summed E-state index contributed by atoms with van der Waals surface area (Å²) in [5.41, 5.74) is 5.12. The third kappa shape index (κ3) is 5.98. The molecule has 1 fully saturated rings. The number of rotatable bonds is 7. The average Bonchev–Trinajstić information content (AvgIpc) is 2.77. The molecule has 1 aliphatic rings. The molecule has 0 bridgehead atoms. The Morgan fingerprint density at radius 2 is 2.15 bits per heavy atom. The Bertz CT molecular complexity index is 756. The summed E-state index contributed by atoms with van der Waals surface area (Å²) in [7, 11) is -3.80. The number of nitrogens with one attached hydrogen (secondary N) is 1. The number of amides is 2. The third-order valence-electron chi connectivity index (χ3n) is 4.45. The molecule has 2 heterocycles. The molecule has 0 aromatic carbocycles. The summed E-state index contributed by atoms with van der Waals surface area (Å²) < 4.78 is 26.6. The van der Waals surface area contributed by atoms with Crippen molar-refractivity contribution in [3.63, 3.8) is 0 Å². The average molecular weight is 398 g/mol. The first-order valence-corrected chi connectivity index (χ1v) is 10.3. The minimum atomic E-state index is -3.80. The lowest BCUT2D eigenvalue weighted by Gasteiger charge is -2.25. The molecule has 0 spiro atoms. The van der Waals surface area contributed by atoms with Gasteiger partial charge in [-0.05, 0) is 30.9 Å². The van der Waals surface area contributed by atoms with Crippen LogP contribution in [-0.2, 0) is 19.6 Å². The number of nitrogens with two attached hydrogens (primary N) is 1. The van der Waals surface area contributed by atoms with Gasteiger partial charge in [-0.15, -0.1) is 0 Å². The molecule has 1 aromatic rings. The van der Waals surface area contributed by atoms with Crippen LogP contribution in [0.2, 0.25) is 0 Å². The van der Waals surface area contributed by atoms with Crippen LogP contribution in [0, 0.1) is 5.92 Å². The van der Waals surface area contributed by atoms with E-state index in [9.17, 15) is 23.1 Å². The van der Waals surface area contributed by atoms with Crippen molar-refractivity contribution < 1.29 is 23.1 Å². The number of nitrogens with zero attached hydrogens (tertiary/aromatic N) is 2. The Labute approximate surface area is 159 Å². The summed E-state index contributed by atoms with van der Waals surface area (Å²) in [6, 6.07) is 4.07. The highest BCUT2D eigenvalue weighted by Gasteiger charge is 2.33. The second-order valence-corrected chi connectivity index (χ2v) is 8.78. The monoisotopic (exact) mass is 398 g/mol. The van der Waals surface area contributed by atoms with E-state index in [-0.39, 0.29) is 42.8 Å². The minimum Gasteiger partial charge on any atom is -0.390 e. The van der Waals surface area contributed by atoms with E-state index in [4.69, 9.17) is 5.73 Å². The number of aliphatic hydroxyl groups is 1. The maximum absolute atomic E-state index is 12.7. The van der Waals surface area contributed by atoms with Crippen molar-refractivity contribution >= 4 is 21.8 Å². The Morgan fingerprint density at radius 1 is 1.41 bits per heavy atom. The van der Waals surface area contributed by atoms with Gasteiger partial charge in [0.25, 0.3) is 10.0 Å². The molecule has 0 saturated carbocycles. The molecule has 1 saturated heterocycles. The van der Waals surface area contributed by atoms with Crippen molar-refractivity contribution in [2.45, 2.75) is 49.8 Å². The van der Waals surface area contributed by atoms with Crippen molar-refractivity contribution in [3.8, 4) is 0 Å². The van der Waals surface area contributed by atoms with Crippen LogP contribution in [-0.4, -0.2) is 59.9 Å². The number of β-amino-alcohol motifs (C(OH)–C–C–N with tert-alkyl or cyclic N) is 1. The minimum absolute atomic E-state index is 0.0695. The maximum Gasteiger partial charge on any atom is 0.260 e. The fourth-order valence-electron chi connectivity index (χ4n) is 3.12. The molecule has 9 nitrogen and oxygen atoms in total. The lowest BCUT2D eigenvalue weighted by atomic mass is 10.0. The highest BCUT2D eigenvalue weighted by Crippen LogP contribution is 2.20. The zero-order valence-corrected chi connectivity index (χ0v) is 16.1. The van der Waals surface area contributed by atoms with Crippen LogP contribution in [0.4, 0.5) is 0 Å². The Morgan fingerprint density at radius 3 is 2.78 bits per heavy atom. The van der Waals surface area contributed by atoms with Gasteiger partial charge in [-0.25, -0.2) is 13.4 Å². The number of sulfonamides is 1. The zero-order chi connectivity index (χ0) is 20.0. The standard InChI is InChI=1S/C17H26N4O5S/c1-12(9-15(18)23)10-16(24)20-13-5-4-8-21(11-14(13)22)27(25,26)17-6-2-3-7-19-17/h2-3,6-7,12-14,22H,4-5,8-11H2,1H3,(H2,18,23)(H,20,24)/t12-,13?,14?/m0/s1. The van der Waals surface area contributed by atoms with Crippen molar-refractivity contribution in [1.29, 1.82) is 0 Å². The summed E-state index contributed by atoms with van der Waals surface area (Å²) in [6.07, 6.45) is 1.52. The number of aliphatic hydroxyl groups excluding tert-OH is 1. The molecule has 3 atom stereocenters. The van der Waals surface area contributed by atoms with Crippen molar-refractivity contribution in [2.75, 3.05) is 13.1 Å². The lowest BCUT2D eigenvalue weighted by molar-refractivity contribution is -0.124. The van der Waals surface area contributed by atoms with Crippen molar-refractivity contribution in [3.05, 3.63) is 24.4 Å². The summed E-state index contributed by atoms with van der Waals surface area (Å²) in [5, 5.41) is 13.1. The van der Waals surface area contributed by atoms with Gasteiger partial charge in [0.05, 0.1) is 12.1 Å². The van der Waals surface area contributed by atoms with E-state index in [1.165, 1.54) is 16.6 Å². The first kappa shape index (κ1) is 21.3. The topological polar surface area (TPSA) is 143 Å². The number of carbonyl (C=O) groups is 2. The van der Waals surface area contributed by atoms with Crippen LogP contribution in [0.5, 0.6) is 0 Å². The molecule has 2 unspecified atom stereocenters. The summed E-state index contributed by atoms with van der Waals surface area (Å²) in [5.74, 6) is -0.972. The van der Waals surface area contributed by atoms with Crippen molar-refractivity contribution in [1.82, 2.24) is 14.6 Å². The molecule has 2 rings (SSSR count). The van der Waals surface area contributed by atoms with E-state index in [1.807, 2.05) is 0 Å². The van der Waals surface area contributed by atoms with E-state index >= 15 is 0 Å². The Hall–Kier alpha value is -2.04. The predicted octanol–water partition coefficient (Wildman–Crippen LogP) is -0.387. The van der Waals surface area contributed by atoms with Gasteiger partial charge < -0.3 is 16.2 Å². The third-order valence-corrected chi connectivity index (χ3v) is 6.23. The summed E-state index contributed by atoms with van der Waals surface area (Å²) in [4.78, 5) is 26.9. The van der Waals surface area contributed by atoms with Gasteiger partial charge >= 0.3 is 0 Å². The van der Waals surface area contributed by atoms with Gasteiger partial charge in [0.15, 0.2) is 5.03 Å². The van der Waals surface area contributed by atoms with Gasteiger partial charge in [0.2, 0.25) is 11.8 Å².